The average Bonchev–Trinajstić information content (AvgIpc) is 2.41. The standard InChI is InChI=1S/C14H21N3O3S/c1-10-9-11(6-7-12(10)17-21(2,19)20)16-14(18)13-5-3-4-8-15-13/h6-7,9,13,15,17H,3-5,8H2,1-2H3,(H,16,18). The van der Waals surface area contributed by atoms with Crippen LogP contribution in [0.2, 0.25) is 0 Å². The Kier molecular flexibility index (Phi) is 4.84. The van der Waals surface area contributed by atoms with E-state index in [0.717, 1.165) is 37.6 Å². The number of piperidine rings is 1. The van der Waals surface area contributed by atoms with Gasteiger partial charge in [-0.25, -0.2) is 8.42 Å². The normalized spacial score (nSPS) is 19.0. The molecule has 1 aliphatic rings. The van der Waals surface area contributed by atoms with Gasteiger partial charge in [0.25, 0.3) is 0 Å². The molecule has 1 atom stereocenters. The maximum absolute atomic E-state index is 12.1. The summed E-state index contributed by atoms with van der Waals surface area (Å²) < 4.78 is 24.9. The largest absolute Gasteiger partial charge is 0.325 e. The van der Waals surface area contributed by atoms with Gasteiger partial charge in [-0.1, -0.05) is 6.42 Å². The smallest absolute Gasteiger partial charge is 0.241 e. The number of aryl methyl sites for hydroxylation is 1. The molecule has 1 saturated heterocycles. The van der Waals surface area contributed by atoms with Gasteiger partial charge in [0.1, 0.15) is 0 Å². The van der Waals surface area contributed by atoms with E-state index < -0.39 is 10.0 Å². The molecule has 1 amide bonds. The summed E-state index contributed by atoms with van der Waals surface area (Å²) in [4.78, 5) is 12.1. The van der Waals surface area contributed by atoms with E-state index in [9.17, 15) is 13.2 Å². The summed E-state index contributed by atoms with van der Waals surface area (Å²) in [6.07, 6.45) is 4.12. The number of rotatable bonds is 4. The topological polar surface area (TPSA) is 87.3 Å². The van der Waals surface area contributed by atoms with E-state index in [1.54, 1.807) is 25.1 Å². The summed E-state index contributed by atoms with van der Waals surface area (Å²) in [7, 11) is -3.30. The van der Waals surface area contributed by atoms with Crippen molar-refractivity contribution in [1.82, 2.24) is 5.32 Å². The van der Waals surface area contributed by atoms with Crippen LogP contribution in [0, 0.1) is 6.92 Å². The van der Waals surface area contributed by atoms with Crippen LogP contribution in [0.1, 0.15) is 24.8 Å². The number of benzene rings is 1. The van der Waals surface area contributed by atoms with Crippen LogP contribution in [0.15, 0.2) is 18.2 Å². The lowest BCUT2D eigenvalue weighted by molar-refractivity contribution is -0.118. The predicted molar refractivity (Wildman–Crippen MR) is 83.9 cm³/mol. The molecular formula is C14H21N3O3S. The number of sulfonamides is 1. The van der Waals surface area contributed by atoms with Crippen molar-refractivity contribution in [2.24, 2.45) is 0 Å². The highest BCUT2D eigenvalue weighted by Gasteiger charge is 2.20. The van der Waals surface area contributed by atoms with Gasteiger partial charge in [-0.3, -0.25) is 9.52 Å². The highest BCUT2D eigenvalue weighted by Crippen LogP contribution is 2.21. The summed E-state index contributed by atoms with van der Waals surface area (Å²) in [5.74, 6) is -0.0436. The van der Waals surface area contributed by atoms with E-state index >= 15 is 0 Å². The lowest BCUT2D eigenvalue weighted by Crippen LogP contribution is -2.43. The average molecular weight is 311 g/mol. The van der Waals surface area contributed by atoms with Gasteiger partial charge in [0, 0.05) is 5.69 Å². The second-order valence-electron chi connectivity index (χ2n) is 5.40. The zero-order valence-electron chi connectivity index (χ0n) is 12.3. The first-order valence-electron chi connectivity index (χ1n) is 6.98. The van der Waals surface area contributed by atoms with Crippen molar-refractivity contribution in [3.63, 3.8) is 0 Å². The first-order valence-corrected chi connectivity index (χ1v) is 8.87. The molecule has 3 N–H and O–H groups in total. The van der Waals surface area contributed by atoms with Gasteiger partial charge in [-0.05, 0) is 50.1 Å². The number of hydrogen-bond acceptors (Lipinski definition) is 4. The Hall–Kier alpha value is -1.60. The molecule has 6 nitrogen and oxygen atoms in total. The first kappa shape index (κ1) is 15.8. The molecule has 1 aromatic carbocycles. The second kappa shape index (κ2) is 6.44. The summed E-state index contributed by atoms with van der Waals surface area (Å²) in [6.45, 7) is 2.66. The van der Waals surface area contributed by atoms with Crippen LogP contribution in [0.3, 0.4) is 0 Å². The fraction of sp³-hybridized carbons (Fsp3) is 0.500. The summed E-state index contributed by atoms with van der Waals surface area (Å²) in [5.41, 5.74) is 1.95. The van der Waals surface area contributed by atoms with Crippen LogP contribution in [0.4, 0.5) is 11.4 Å². The maximum atomic E-state index is 12.1. The van der Waals surface area contributed by atoms with Crippen molar-refractivity contribution in [2.75, 3.05) is 22.8 Å². The van der Waals surface area contributed by atoms with E-state index in [-0.39, 0.29) is 11.9 Å². The second-order valence-corrected chi connectivity index (χ2v) is 7.14. The molecule has 1 unspecified atom stereocenters. The fourth-order valence-electron chi connectivity index (χ4n) is 2.36. The molecule has 1 aromatic rings. The monoisotopic (exact) mass is 311 g/mol. The Bertz CT molecular complexity index is 622. The molecule has 0 bridgehead atoms. The van der Waals surface area contributed by atoms with Gasteiger partial charge in [0.15, 0.2) is 0 Å². The molecule has 2 rings (SSSR count). The molecule has 0 radical (unpaired) electrons. The molecule has 1 fully saturated rings. The number of carbonyl (C=O) groups is 1. The number of nitrogens with one attached hydrogen (secondary N) is 3. The van der Waals surface area contributed by atoms with Crippen LogP contribution in [-0.4, -0.2) is 33.2 Å². The van der Waals surface area contributed by atoms with Crippen molar-refractivity contribution in [3.8, 4) is 0 Å². The van der Waals surface area contributed by atoms with Gasteiger partial charge < -0.3 is 10.6 Å². The molecule has 0 aromatic heterocycles. The van der Waals surface area contributed by atoms with E-state index in [0.29, 0.717) is 11.4 Å². The number of anilines is 2. The third kappa shape index (κ3) is 4.71. The van der Waals surface area contributed by atoms with Crippen LogP contribution in [0.5, 0.6) is 0 Å². The van der Waals surface area contributed by atoms with E-state index in [4.69, 9.17) is 0 Å². The molecule has 21 heavy (non-hydrogen) atoms. The van der Waals surface area contributed by atoms with E-state index in [1.165, 1.54) is 0 Å². The quantitative estimate of drug-likeness (QED) is 0.785. The Labute approximate surface area is 125 Å². The van der Waals surface area contributed by atoms with Crippen molar-refractivity contribution in [1.29, 1.82) is 0 Å². The first-order chi connectivity index (χ1) is 9.85. The third-order valence-corrected chi connectivity index (χ3v) is 4.01. The molecule has 1 aliphatic heterocycles. The Morgan fingerprint density at radius 2 is 2.10 bits per heavy atom. The van der Waals surface area contributed by atoms with Crippen molar-refractivity contribution < 1.29 is 13.2 Å². The van der Waals surface area contributed by atoms with Crippen LogP contribution < -0.4 is 15.4 Å². The van der Waals surface area contributed by atoms with Gasteiger partial charge in [0.2, 0.25) is 15.9 Å². The zero-order chi connectivity index (χ0) is 15.5. The highest BCUT2D eigenvalue weighted by molar-refractivity contribution is 7.92. The molecule has 116 valence electrons. The number of hydrogen-bond donors (Lipinski definition) is 3. The zero-order valence-corrected chi connectivity index (χ0v) is 13.1. The van der Waals surface area contributed by atoms with Gasteiger partial charge in [-0.2, -0.15) is 0 Å². The predicted octanol–water partition coefficient (Wildman–Crippen LogP) is 1.45. The van der Waals surface area contributed by atoms with Gasteiger partial charge in [0.05, 0.1) is 18.0 Å². The molecule has 1 heterocycles. The fourth-order valence-corrected chi connectivity index (χ4v) is 2.99. The molecular weight excluding hydrogens is 290 g/mol. The minimum absolute atomic E-state index is 0.0436. The minimum Gasteiger partial charge on any atom is -0.325 e. The SMILES string of the molecule is Cc1cc(NC(=O)C2CCCCN2)ccc1NS(C)(=O)=O. The summed E-state index contributed by atoms with van der Waals surface area (Å²) in [5, 5.41) is 6.06. The molecule has 0 aliphatic carbocycles. The Balaban J connectivity index is 2.04. The van der Waals surface area contributed by atoms with Crippen molar-refractivity contribution >= 4 is 27.3 Å². The number of carbonyl (C=O) groups excluding carboxylic acids is 1. The van der Waals surface area contributed by atoms with Gasteiger partial charge >= 0.3 is 0 Å². The van der Waals surface area contributed by atoms with Crippen LogP contribution in [0.25, 0.3) is 0 Å². The van der Waals surface area contributed by atoms with Crippen LogP contribution in [-0.2, 0) is 14.8 Å². The van der Waals surface area contributed by atoms with Crippen molar-refractivity contribution in [2.45, 2.75) is 32.2 Å². The van der Waals surface area contributed by atoms with Crippen LogP contribution >= 0.6 is 0 Å². The summed E-state index contributed by atoms with van der Waals surface area (Å²) in [6, 6.07) is 4.96. The van der Waals surface area contributed by atoms with Gasteiger partial charge in [-0.15, -0.1) is 0 Å². The lowest BCUT2D eigenvalue weighted by Gasteiger charge is -2.22. The third-order valence-electron chi connectivity index (χ3n) is 3.42. The Morgan fingerprint density at radius 1 is 1.33 bits per heavy atom. The van der Waals surface area contributed by atoms with E-state index in [1.807, 2.05) is 0 Å². The maximum Gasteiger partial charge on any atom is 0.241 e. The summed E-state index contributed by atoms with van der Waals surface area (Å²) >= 11 is 0. The molecule has 7 heteroatoms. The molecule has 0 spiro atoms. The number of amides is 1. The Morgan fingerprint density at radius 3 is 2.67 bits per heavy atom. The minimum atomic E-state index is -3.30. The lowest BCUT2D eigenvalue weighted by atomic mass is 10.0. The van der Waals surface area contributed by atoms with E-state index in [2.05, 4.69) is 15.4 Å². The molecule has 0 saturated carbocycles. The highest BCUT2D eigenvalue weighted by atomic mass is 32.2. The van der Waals surface area contributed by atoms with Crippen molar-refractivity contribution in [3.05, 3.63) is 23.8 Å².